The molecule has 2 N–H and O–H groups in total. The maximum atomic E-state index is 12.2. The predicted molar refractivity (Wildman–Crippen MR) is 66.9 cm³/mol. The second-order valence-electron chi connectivity index (χ2n) is 5.72. The summed E-state index contributed by atoms with van der Waals surface area (Å²) in [7, 11) is 0. The first-order valence-electron chi connectivity index (χ1n) is 6.24. The Kier molecular flexibility index (Phi) is 2.98. The summed E-state index contributed by atoms with van der Waals surface area (Å²) in [5.41, 5.74) is 2.53. The van der Waals surface area contributed by atoms with E-state index in [0.717, 1.165) is 17.8 Å². The van der Waals surface area contributed by atoms with Gasteiger partial charge in [0.25, 0.3) is 5.91 Å². The molecule has 1 saturated carbocycles. The monoisotopic (exact) mass is 235 g/mol. The van der Waals surface area contributed by atoms with E-state index >= 15 is 0 Å². The van der Waals surface area contributed by atoms with Gasteiger partial charge in [-0.05, 0) is 32.1 Å². The lowest BCUT2D eigenvalue weighted by Gasteiger charge is -2.27. The Hall–Kier alpha value is -1.32. The van der Waals surface area contributed by atoms with Gasteiger partial charge in [0.1, 0.15) is 0 Å². The number of rotatable bonds is 2. The van der Waals surface area contributed by atoms with Crippen molar-refractivity contribution in [2.24, 2.45) is 5.41 Å². The van der Waals surface area contributed by atoms with Crippen LogP contribution in [0.3, 0.4) is 0 Å². The summed E-state index contributed by atoms with van der Waals surface area (Å²) < 4.78 is 0. The molecule has 0 aliphatic heterocycles. The number of amides is 1. The number of aromatic nitrogens is 2. The highest BCUT2D eigenvalue weighted by atomic mass is 16.1. The molecule has 94 valence electrons. The van der Waals surface area contributed by atoms with Gasteiger partial charge in [0, 0.05) is 11.7 Å². The fraction of sp³-hybridized carbons (Fsp3) is 0.692. The van der Waals surface area contributed by atoms with Crippen LogP contribution in [-0.4, -0.2) is 22.1 Å². The summed E-state index contributed by atoms with van der Waals surface area (Å²) >= 11 is 0. The summed E-state index contributed by atoms with van der Waals surface area (Å²) in [5.74, 6) is 0.00808. The number of carbonyl (C=O) groups is 1. The molecule has 0 spiro atoms. The van der Waals surface area contributed by atoms with Crippen molar-refractivity contribution in [3.05, 3.63) is 17.0 Å². The van der Waals surface area contributed by atoms with Crippen molar-refractivity contribution in [2.45, 2.75) is 53.0 Å². The average Bonchev–Trinajstić information content (AvgIpc) is 2.71. The van der Waals surface area contributed by atoms with Gasteiger partial charge in [-0.15, -0.1) is 0 Å². The quantitative estimate of drug-likeness (QED) is 0.826. The topological polar surface area (TPSA) is 57.8 Å². The highest BCUT2D eigenvalue weighted by Gasteiger charge is 2.35. The Morgan fingerprint density at radius 2 is 2.18 bits per heavy atom. The molecule has 1 fully saturated rings. The van der Waals surface area contributed by atoms with E-state index in [1.807, 2.05) is 13.8 Å². The molecule has 1 amide bonds. The Labute approximate surface area is 102 Å². The maximum absolute atomic E-state index is 12.2. The molecule has 1 aromatic rings. The van der Waals surface area contributed by atoms with Crippen molar-refractivity contribution in [3.8, 4) is 0 Å². The minimum atomic E-state index is 0.00808. The van der Waals surface area contributed by atoms with Crippen molar-refractivity contribution in [3.63, 3.8) is 0 Å². The summed E-state index contributed by atoms with van der Waals surface area (Å²) in [4.78, 5) is 12.2. The molecule has 2 rings (SSSR count). The van der Waals surface area contributed by atoms with Gasteiger partial charge >= 0.3 is 0 Å². The molecule has 4 nitrogen and oxygen atoms in total. The molecule has 1 aliphatic carbocycles. The molecule has 17 heavy (non-hydrogen) atoms. The summed E-state index contributed by atoms with van der Waals surface area (Å²) in [6.07, 6.45) is 3.46. The van der Waals surface area contributed by atoms with Crippen LogP contribution < -0.4 is 5.32 Å². The van der Waals surface area contributed by atoms with Crippen LogP contribution in [0.2, 0.25) is 0 Å². The van der Waals surface area contributed by atoms with E-state index in [-0.39, 0.29) is 17.4 Å². The number of H-pyrrole nitrogens is 1. The van der Waals surface area contributed by atoms with Gasteiger partial charge < -0.3 is 5.32 Å². The predicted octanol–water partition coefficient (Wildman–Crippen LogP) is 2.34. The number of nitrogens with one attached hydrogen (secondary N) is 2. The van der Waals surface area contributed by atoms with Crippen LogP contribution in [0.1, 0.15) is 54.9 Å². The van der Waals surface area contributed by atoms with Gasteiger partial charge in [0.05, 0.1) is 11.3 Å². The largest absolute Gasteiger partial charge is 0.349 e. The molecular weight excluding hydrogens is 214 g/mol. The summed E-state index contributed by atoms with van der Waals surface area (Å²) in [5, 5.41) is 10.1. The second kappa shape index (κ2) is 4.17. The summed E-state index contributed by atoms with van der Waals surface area (Å²) in [6.45, 7) is 8.19. The van der Waals surface area contributed by atoms with Crippen LogP contribution in [0.25, 0.3) is 0 Å². The van der Waals surface area contributed by atoms with E-state index in [1.165, 1.54) is 12.8 Å². The third kappa shape index (κ3) is 2.21. The Morgan fingerprint density at radius 1 is 1.47 bits per heavy atom. The minimum absolute atomic E-state index is 0.00808. The molecule has 0 aromatic carbocycles. The highest BCUT2D eigenvalue weighted by Crippen LogP contribution is 2.37. The average molecular weight is 235 g/mol. The van der Waals surface area contributed by atoms with Crippen LogP contribution in [-0.2, 0) is 0 Å². The van der Waals surface area contributed by atoms with E-state index in [0.29, 0.717) is 5.56 Å². The molecule has 1 atom stereocenters. The first-order chi connectivity index (χ1) is 7.92. The molecule has 0 bridgehead atoms. The third-order valence-corrected chi connectivity index (χ3v) is 3.92. The van der Waals surface area contributed by atoms with Gasteiger partial charge in [0.15, 0.2) is 0 Å². The molecule has 0 radical (unpaired) electrons. The molecule has 1 aliphatic rings. The molecule has 1 heterocycles. The molecular formula is C13H21N3O. The van der Waals surface area contributed by atoms with Crippen LogP contribution in [0, 0.1) is 19.3 Å². The van der Waals surface area contributed by atoms with Crippen LogP contribution in [0.5, 0.6) is 0 Å². The molecule has 0 saturated heterocycles. The Morgan fingerprint density at radius 3 is 2.65 bits per heavy atom. The van der Waals surface area contributed by atoms with Crippen molar-refractivity contribution in [1.82, 2.24) is 15.5 Å². The van der Waals surface area contributed by atoms with Gasteiger partial charge in [-0.25, -0.2) is 0 Å². The fourth-order valence-electron chi connectivity index (χ4n) is 2.71. The number of hydrogen-bond acceptors (Lipinski definition) is 2. The first-order valence-corrected chi connectivity index (χ1v) is 6.24. The van der Waals surface area contributed by atoms with Gasteiger partial charge in [0.2, 0.25) is 0 Å². The standard InChI is InChI=1S/C13H21N3O/c1-8-11(9(2)16-15-8)12(17)14-10-6-5-7-13(10,3)4/h10H,5-7H2,1-4H3,(H,14,17)(H,15,16). The zero-order chi connectivity index (χ0) is 12.6. The lowest BCUT2D eigenvalue weighted by molar-refractivity contribution is 0.0909. The number of hydrogen-bond donors (Lipinski definition) is 2. The smallest absolute Gasteiger partial charge is 0.255 e. The van der Waals surface area contributed by atoms with Crippen molar-refractivity contribution < 1.29 is 4.79 Å². The van der Waals surface area contributed by atoms with Crippen molar-refractivity contribution >= 4 is 5.91 Å². The van der Waals surface area contributed by atoms with E-state index < -0.39 is 0 Å². The van der Waals surface area contributed by atoms with Gasteiger partial charge in [-0.1, -0.05) is 20.3 Å². The Balaban J connectivity index is 2.13. The highest BCUT2D eigenvalue weighted by molar-refractivity contribution is 5.96. The normalized spacial score (nSPS) is 22.7. The summed E-state index contributed by atoms with van der Waals surface area (Å²) in [6, 6.07) is 0.281. The van der Waals surface area contributed by atoms with E-state index in [9.17, 15) is 4.79 Å². The van der Waals surface area contributed by atoms with Crippen molar-refractivity contribution in [2.75, 3.05) is 0 Å². The van der Waals surface area contributed by atoms with Crippen molar-refractivity contribution in [1.29, 1.82) is 0 Å². The van der Waals surface area contributed by atoms with Crippen LogP contribution in [0.4, 0.5) is 0 Å². The SMILES string of the molecule is Cc1n[nH]c(C)c1C(=O)NC1CCCC1(C)C. The van der Waals surface area contributed by atoms with E-state index in [2.05, 4.69) is 29.4 Å². The second-order valence-corrected chi connectivity index (χ2v) is 5.72. The zero-order valence-corrected chi connectivity index (χ0v) is 11.1. The molecule has 4 heteroatoms. The maximum Gasteiger partial charge on any atom is 0.255 e. The number of carbonyl (C=O) groups excluding carboxylic acids is 1. The van der Waals surface area contributed by atoms with Crippen LogP contribution in [0.15, 0.2) is 0 Å². The number of aromatic amines is 1. The lowest BCUT2D eigenvalue weighted by atomic mass is 9.87. The number of aryl methyl sites for hydroxylation is 2. The lowest BCUT2D eigenvalue weighted by Crippen LogP contribution is -2.41. The van der Waals surface area contributed by atoms with Crippen LogP contribution >= 0.6 is 0 Å². The van der Waals surface area contributed by atoms with Gasteiger partial charge in [-0.3, -0.25) is 9.89 Å². The minimum Gasteiger partial charge on any atom is -0.349 e. The Bertz CT molecular complexity index is 414. The van der Waals surface area contributed by atoms with Gasteiger partial charge in [-0.2, -0.15) is 5.10 Å². The first kappa shape index (κ1) is 12.1. The third-order valence-electron chi connectivity index (χ3n) is 3.92. The van der Waals surface area contributed by atoms with E-state index in [1.54, 1.807) is 0 Å². The molecule has 1 unspecified atom stereocenters. The molecule has 1 aromatic heterocycles. The number of nitrogens with zero attached hydrogens (tertiary/aromatic N) is 1. The fourth-order valence-corrected chi connectivity index (χ4v) is 2.71. The zero-order valence-electron chi connectivity index (χ0n) is 11.1. The van der Waals surface area contributed by atoms with E-state index in [4.69, 9.17) is 0 Å².